The lowest BCUT2D eigenvalue weighted by Crippen LogP contribution is -2.32. The van der Waals surface area contributed by atoms with E-state index >= 15 is 0 Å². The molecule has 21 heavy (non-hydrogen) atoms. The number of rotatable bonds is 6. The predicted octanol–water partition coefficient (Wildman–Crippen LogP) is 2.57. The number of aliphatic carboxylic acids is 1. The highest BCUT2D eigenvalue weighted by Gasteiger charge is 2.30. The predicted molar refractivity (Wildman–Crippen MR) is 79.4 cm³/mol. The minimum absolute atomic E-state index is 0.0579. The minimum Gasteiger partial charge on any atom is -0.481 e. The van der Waals surface area contributed by atoms with Crippen LogP contribution in [0.2, 0.25) is 0 Å². The van der Waals surface area contributed by atoms with Gasteiger partial charge in [-0.2, -0.15) is 4.98 Å². The van der Waals surface area contributed by atoms with E-state index in [1.54, 1.807) is 12.3 Å². The smallest absolute Gasteiger partial charge is 0.306 e. The van der Waals surface area contributed by atoms with Crippen molar-refractivity contribution in [3.05, 3.63) is 12.3 Å². The summed E-state index contributed by atoms with van der Waals surface area (Å²) < 4.78 is 5.52. The second-order valence-electron chi connectivity index (χ2n) is 5.76. The highest BCUT2D eigenvalue weighted by atomic mass is 16.5. The van der Waals surface area contributed by atoms with Crippen molar-refractivity contribution >= 4 is 11.9 Å². The van der Waals surface area contributed by atoms with Gasteiger partial charge >= 0.3 is 5.97 Å². The van der Waals surface area contributed by atoms with E-state index in [1.165, 1.54) is 0 Å². The molecule has 0 spiro atoms. The number of ether oxygens (including phenoxy) is 1. The zero-order chi connectivity index (χ0) is 15.2. The van der Waals surface area contributed by atoms with E-state index in [0.29, 0.717) is 18.4 Å². The van der Waals surface area contributed by atoms with Crippen molar-refractivity contribution in [2.24, 2.45) is 11.8 Å². The Kier molecular flexibility index (Phi) is 5.36. The number of hydrogen-bond donors (Lipinski definition) is 2. The lowest BCUT2D eigenvalue weighted by molar-refractivity contribution is -0.144. The Morgan fingerprint density at radius 3 is 2.95 bits per heavy atom. The van der Waals surface area contributed by atoms with Gasteiger partial charge < -0.3 is 15.2 Å². The Bertz CT molecular complexity index is 479. The summed E-state index contributed by atoms with van der Waals surface area (Å²) in [7, 11) is 0. The molecular formula is C15H23N3O3. The summed E-state index contributed by atoms with van der Waals surface area (Å²) in [6, 6.07) is 1.71. The fraction of sp³-hybridized carbons (Fsp3) is 0.667. The summed E-state index contributed by atoms with van der Waals surface area (Å²) in [6.07, 6.45) is 5.49. The molecule has 0 aliphatic heterocycles. The van der Waals surface area contributed by atoms with E-state index in [9.17, 15) is 9.90 Å². The molecule has 1 heterocycles. The number of carbonyl (C=O) groups is 1. The van der Waals surface area contributed by atoms with Gasteiger partial charge in [0, 0.05) is 18.8 Å². The Labute approximate surface area is 124 Å². The van der Waals surface area contributed by atoms with Crippen molar-refractivity contribution in [3.8, 4) is 5.88 Å². The standard InChI is InChI=1S/C15H23N3O3/c1-10(2)21-13-7-8-16-15(18-13)17-9-11-5-3-4-6-12(11)14(19)20/h7-8,10-12H,3-6,9H2,1-2H3,(H,19,20)(H,16,17,18). The first kappa shape index (κ1) is 15.5. The second kappa shape index (κ2) is 7.24. The van der Waals surface area contributed by atoms with Crippen LogP contribution in [0, 0.1) is 11.8 Å². The number of carboxylic acids is 1. The Morgan fingerprint density at radius 2 is 2.24 bits per heavy atom. The number of carboxylic acid groups (broad SMARTS) is 1. The van der Waals surface area contributed by atoms with E-state index in [-0.39, 0.29) is 17.9 Å². The van der Waals surface area contributed by atoms with Crippen LogP contribution >= 0.6 is 0 Å². The minimum atomic E-state index is -0.695. The van der Waals surface area contributed by atoms with Crippen LogP contribution in [0.25, 0.3) is 0 Å². The molecule has 2 atom stereocenters. The van der Waals surface area contributed by atoms with Gasteiger partial charge in [-0.1, -0.05) is 12.8 Å². The van der Waals surface area contributed by atoms with Crippen molar-refractivity contribution in [2.45, 2.75) is 45.6 Å². The van der Waals surface area contributed by atoms with Gasteiger partial charge in [0.05, 0.1) is 12.0 Å². The molecule has 0 radical (unpaired) electrons. The van der Waals surface area contributed by atoms with Crippen molar-refractivity contribution < 1.29 is 14.6 Å². The fourth-order valence-corrected chi connectivity index (χ4v) is 2.73. The highest BCUT2D eigenvalue weighted by Crippen LogP contribution is 2.30. The van der Waals surface area contributed by atoms with Gasteiger partial charge in [0.15, 0.2) is 0 Å². The van der Waals surface area contributed by atoms with Gasteiger partial charge in [-0.05, 0) is 32.6 Å². The highest BCUT2D eigenvalue weighted by molar-refractivity contribution is 5.70. The Hall–Kier alpha value is -1.85. The number of anilines is 1. The summed E-state index contributed by atoms with van der Waals surface area (Å²) in [5.74, 6) is 0.193. The zero-order valence-electron chi connectivity index (χ0n) is 12.6. The SMILES string of the molecule is CC(C)Oc1ccnc(NCC2CCCCC2C(=O)O)n1. The molecule has 116 valence electrons. The maximum Gasteiger partial charge on any atom is 0.306 e. The van der Waals surface area contributed by atoms with Crippen LogP contribution in [-0.4, -0.2) is 33.7 Å². The third-order valence-corrected chi connectivity index (χ3v) is 3.74. The quantitative estimate of drug-likeness (QED) is 0.838. The number of hydrogen-bond acceptors (Lipinski definition) is 5. The lowest BCUT2D eigenvalue weighted by atomic mass is 9.79. The van der Waals surface area contributed by atoms with Gasteiger partial charge in [-0.15, -0.1) is 0 Å². The first-order chi connectivity index (χ1) is 10.1. The molecule has 2 N–H and O–H groups in total. The average Bonchev–Trinajstić information content (AvgIpc) is 2.45. The molecule has 1 aliphatic rings. The first-order valence-corrected chi connectivity index (χ1v) is 7.52. The summed E-state index contributed by atoms with van der Waals surface area (Å²) >= 11 is 0. The monoisotopic (exact) mass is 293 g/mol. The van der Waals surface area contributed by atoms with Crippen molar-refractivity contribution in [2.75, 3.05) is 11.9 Å². The summed E-state index contributed by atoms with van der Waals surface area (Å²) in [4.78, 5) is 19.7. The molecule has 0 saturated heterocycles. The van der Waals surface area contributed by atoms with E-state index in [4.69, 9.17) is 4.74 Å². The fourth-order valence-electron chi connectivity index (χ4n) is 2.73. The number of nitrogens with one attached hydrogen (secondary N) is 1. The van der Waals surface area contributed by atoms with Crippen LogP contribution in [-0.2, 0) is 4.79 Å². The molecule has 1 fully saturated rings. The summed E-state index contributed by atoms with van der Waals surface area (Å²) in [5.41, 5.74) is 0. The molecule has 0 bridgehead atoms. The second-order valence-corrected chi connectivity index (χ2v) is 5.76. The molecule has 1 saturated carbocycles. The molecule has 1 aromatic heterocycles. The van der Waals surface area contributed by atoms with E-state index in [2.05, 4.69) is 15.3 Å². The Morgan fingerprint density at radius 1 is 1.48 bits per heavy atom. The van der Waals surface area contributed by atoms with Gasteiger partial charge in [0.1, 0.15) is 0 Å². The van der Waals surface area contributed by atoms with Gasteiger partial charge in [0.2, 0.25) is 11.8 Å². The number of nitrogens with zero attached hydrogens (tertiary/aromatic N) is 2. The van der Waals surface area contributed by atoms with Crippen LogP contribution in [0.15, 0.2) is 12.3 Å². The molecule has 1 aliphatic carbocycles. The maximum atomic E-state index is 11.3. The van der Waals surface area contributed by atoms with E-state index in [1.807, 2.05) is 13.8 Å². The third kappa shape index (κ3) is 4.58. The molecule has 2 rings (SSSR count). The van der Waals surface area contributed by atoms with Gasteiger partial charge in [-0.3, -0.25) is 4.79 Å². The first-order valence-electron chi connectivity index (χ1n) is 7.52. The molecule has 2 unspecified atom stereocenters. The Balaban J connectivity index is 1.93. The molecule has 6 nitrogen and oxygen atoms in total. The lowest BCUT2D eigenvalue weighted by Gasteiger charge is -2.28. The van der Waals surface area contributed by atoms with E-state index < -0.39 is 5.97 Å². The summed E-state index contributed by atoms with van der Waals surface area (Å²) in [6.45, 7) is 4.46. The largest absolute Gasteiger partial charge is 0.481 e. The maximum absolute atomic E-state index is 11.3. The van der Waals surface area contributed by atoms with E-state index in [0.717, 1.165) is 25.7 Å². The van der Waals surface area contributed by atoms with Crippen molar-refractivity contribution in [1.29, 1.82) is 0 Å². The normalized spacial score (nSPS) is 22.0. The van der Waals surface area contributed by atoms with Crippen LogP contribution in [0.4, 0.5) is 5.95 Å². The van der Waals surface area contributed by atoms with Crippen molar-refractivity contribution in [3.63, 3.8) is 0 Å². The molecule has 6 heteroatoms. The summed E-state index contributed by atoms with van der Waals surface area (Å²) in [5, 5.41) is 12.4. The average molecular weight is 293 g/mol. The van der Waals surface area contributed by atoms with Crippen molar-refractivity contribution in [1.82, 2.24) is 9.97 Å². The van der Waals surface area contributed by atoms with Crippen LogP contribution in [0.3, 0.4) is 0 Å². The zero-order valence-corrected chi connectivity index (χ0v) is 12.6. The molecule has 0 aromatic carbocycles. The third-order valence-electron chi connectivity index (χ3n) is 3.74. The van der Waals surface area contributed by atoms with Crippen LogP contribution in [0.1, 0.15) is 39.5 Å². The topological polar surface area (TPSA) is 84.3 Å². The van der Waals surface area contributed by atoms with Gasteiger partial charge in [-0.25, -0.2) is 4.98 Å². The molecule has 0 amide bonds. The van der Waals surface area contributed by atoms with Crippen LogP contribution in [0.5, 0.6) is 5.88 Å². The van der Waals surface area contributed by atoms with Crippen LogP contribution < -0.4 is 10.1 Å². The van der Waals surface area contributed by atoms with Gasteiger partial charge in [0.25, 0.3) is 0 Å². The molecular weight excluding hydrogens is 270 g/mol. The number of aromatic nitrogens is 2. The molecule has 1 aromatic rings.